The molecule has 22 heavy (non-hydrogen) atoms. The molecule has 1 heterocycles. The van der Waals surface area contributed by atoms with E-state index in [1.165, 1.54) is 4.31 Å². The number of hydrogen-bond acceptors (Lipinski definition) is 3. The monoisotopic (exact) mass is 336 g/mol. The minimum atomic E-state index is -4.48. The molecule has 1 saturated heterocycles. The zero-order valence-corrected chi connectivity index (χ0v) is 13.2. The maximum absolute atomic E-state index is 12.5. The Morgan fingerprint density at radius 3 is 2.23 bits per heavy atom. The van der Waals surface area contributed by atoms with Gasteiger partial charge in [0.25, 0.3) is 0 Å². The third-order valence-electron chi connectivity index (χ3n) is 4.10. The molecule has 8 heteroatoms. The van der Waals surface area contributed by atoms with E-state index in [4.69, 9.17) is 5.73 Å². The highest BCUT2D eigenvalue weighted by Gasteiger charge is 2.39. The van der Waals surface area contributed by atoms with E-state index in [1.807, 2.05) is 13.8 Å². The summed E-state index contributed by atoms with van der Waals surface area (Å²) in [6.07, 6.45) is -3.96. The molecule has 2 rings (SSSR count). The minimum absolute atomic E-state index is 0.105. The largest absolute Gasteiger partial charge is 0.416 e. The fourth-order valence-electron chi connectivity index (χ4n) is 2.49. The van der Waals surface area contributed by atoms with Crippen LogP contribution in [0.15, 0.2) is 29.2 Å². The molecule has 1 atom stereocenters. The lowest BCUT2D eigenvalue weighted by molar-refractivity contribution is -0.137. The van der Waals surface area contributed by atoms with Gasteiger partial charge in [-0.1, -0.05) is 13.8 Å². The summed E-state index contributed by atoms with van der Waals surface area (Å²) in [4.78, 5) is -0.133. The maximum atomic E-state index is 12.5. The highest BCUT2D eigenvalue weighted by molar-refractivity contribution is 7.89. The van der Waals surface area contributed by atoms with Crippen molar-refractivity contribution in [2.45, 2.75) is 37.4 Å². The number of hydrogen-bond donors (Lipinski definition) is 1. The van der Waals surface area contributed by atoms with Crippen molar-refractivity contribution in [3.05, 3.63) is 29.8 Å². The number of piperidine rings is 1. The molecule has 1 fully saturated rings. The van der Waals surface area contributed by atoms with E-state index in [0.717, 1.165) is 24.3 Å². The van der Waals surface area contributed by atoms with Gasteiger partial charge in [0.05, 0.1) is 10.5 Å². The average molecular weight is 336 g/mol. The van der Waals surface area contributed by atoms with Crippen molar-refractivity contribution in [2.75, 3.05) is 13.1 Å². The van der Waals surface area contributed by atoms with Gasteiger partial charge in [-0.3, -0.25) is 0 Å². The summed E-state index contributed by atoms with van der Waals surface area (Å²) in [7, 11) is -3.81. The van der Waals surface area contributed by atoms with E-state index in [2.05, 4.69) is 0 Å². The molecule has 0 amide bonds. The van der Waals surface area contributed by atoms with Gasteiger partial charge in [0.2, 0.25) is 10.0 Å². The fraction of sp³-hybridized carbons (Fsp3) is 0.571. The molecule has 1 aliphatic heterocycles. The molecular weight excluding hydrogens is 317 g/mol. The summed E-state index contributed by atoms with van der Waals surface area (Å²) in [6.45, 7) is 4.28. The molecule has 0 saturated carbocycles. The molecular formula is C14H19F3N2O2S. The smallest absolute Gasteiger partial charge is 0.327 e. The van der Waals surface area contributed by atoms with Crippen LogP contribution in [0.2, 0.25) is 0 Å². The van der Waals surface area contributed by atoms with Crippen molar-refractivity contribution >= 4 is 10.0 Å². The van der Waals surface area contributed by atoms with E-state index in [0.29, 0.717) is 6.42 Å². The Hall–Kier alpha value is -1.12. The summed E-state index contributed by atoms with van der Waals surface area (Å²) in [5.41, 5.74) is 4.73. The maximum Gasteiger partial charge on any atom is 0.416 e. The Bertz CT molecular complexity index is 639. The number of nitrogens with two attached hydrogens (primary N) is 1. The number of nitrogens with zero attached hydrogens (tertiary/aromatic N) is 1. The van der Waals surface area contributed by atoms with Gasteiger partial charge in [0, 0.05) is 19.1 Å². The molecule has 0 spiro atoms. The van der Waals surface area contributed by atoms with Crippen LogP contribution in [0.1, 0.15) is 25.8 Å². The Morgan fingerprint density at radius 1 is 1.23 bits per heavy atom. The first-order chi connectivity index (χ1) is 9.94. The van der Waals surface area contributed by atoms with Crippen LogP contribution in [0.3, 0.4) is 0 Å². The molecule has 2 N–H and O–H groups in total. The van der Waals surface area contributed by atoms with E-state index in [-0.39, 0.29) is 29.4 Å². The van der Waals surface area contributed by atoms with Crippen molar-refractivity contribution in [3.8, 4) is 0 Å². The Morgan fingerprint density at radius 2 is 1.77 bits per heavy atom. The van der Waals surface area contributed by atoms with E-state index in [9.17, 15) is 21.6 Å². The van der Waals surface area contributed by atoms with Crippen molar-refractivity contribution in [1.82, 2.24) is 4.31 Å². The van der Waals surface area contributed by atoms with Crippen LogP contribution in [0.5, 0.6) is 0 Å². The van der Waals surface area contributed by atoms with Gasteiger partial charge < -0.3 is 5.73 Å². The highest BCUT2D eigenvalue weighted by Crippen LogP contribution is 2.33. The van der Waals surface area contributed by atoms with Crippen LogP contribution in [0.25, 0.3) is 0 Å². The second-order valence-electron chi connectivity index (χ2n) is 6.24. The molecule has 124 valence electrons. The first-order valence-corrected chi connectivity index (χ1v) is 8.31. The molecule has 0 radical (unpaired) electrons. The van der Waals surface area contributed by atoms with E-state index < -0.39 is 21.8 Å². The Balaban J connectivity index is 2.28. The van der Waals surface area contributed by atoms with Crippen LogP contribution in [0, 0.1) is 5.41 Å². The molecule has 1 aromatic rings. The van der Waals surface area contributed by atoms with Crippen LogP contribution in [-0.4, -0.2) is 31.9 Å². The molecule has 1 aromatic carbocycles. The molecule has 0 bridgehead atoms. The number of halogens is 3. The van der Waals surface area contributed by atoms with Gasteiger partial charge in [0.1, 0.15) is 0 Å². The predicted octanol–water partition coefficient (Wildman–Crippen LogP) is 2.45. The van der Waals surface area contributed by atoms with Gasteiger partial charge in [-0.25, -0.2) is 8.42 Å². The van der Waals surface area contributed by atoms with E-state index in [1.54, 1.807) is 0 Å². The number of sulfonamides is 1. The van der Waals surface area contributed by atoms with Crippen LogP contribution in [0.4, 0.5) is 13.2 Å². The van der Waals surface area contributed by atoms with Crippen LogP contribution >= 0.6 is 0 Å². The van der Waals surface area contributed by atoms with Gasteiger partial charge >= 0.3 is 6.18 Å². The quantitative estimate of drug-likeness (QED) is 0.902. The van der Waals surface area contributed by atoms with Gasteiger partial charge in [-0.05, 0) is 36.1 Å². The molecule has 1 unspecified atom stereocenters. The summed E-state index contributed by atoms with van der Waals surface area (Å²) >= 11 is 0. The second kappa shape index (κ2) is 5.50. The SMILES string of the molecule is CC1(C)CN(S(=O)(=O)c2ccc(C(F)(F)F)cc2)CCC1N. The highest BCUT2D eigenvalue weighted by atomic mass is 32.2. The zero-order chi connectivity index (χ0) is 16.8. The molecule has 1 aliphatic rings. The fourth-order valence-corrected chi connectivity index (χ4v) is 4.12. The van der Waals surface area contributed by atoms with Crippen molar-refractivity contribution in [3.63, 3.8) is 0 Å². The van der Waals surface area contributed by atoms with E-state index >= 15 is 0 Å². The third-order valence-corrected chi connectivity index (χ3v) is 5.96. The topological polar surface area (TPSA) is 63.4 Å². The lowest BCUT2D eigenvalue weighted by Gasteiger charge is -2.41. The number of rotatable bonds is 2. The first-order valence-electron chi connectivity index (χ1n) is 6.87. The lowest BCUT2D eigenvalue weighted by atomic mass is 9.81. The Kier molecular flexibility index (Phi) is 4.31. The zero-order valence-electron chi connectivity index (χ0n) is 12.4. The third kappa shape index (κ3) is 3.28. The molecule has 4 nitrogen and oxygen atoms in total. The van der Waals surface area contributed by atoms with Gasteiger partial charge in [-0.15, -0.1) is 0 Å². The summed E-state index contributed by atoms with van der Waals surface area (Å²) < 4.78 is 64.0. The van der Waals surface area contributed by atoms with Crippen molar-refractivity contribution < 1.29 is 21.6 Å². The van der Waals surface area contributed by atoms with Crippen LogP contribution in [-0.2, 0) is 16.2 Å². The first kappa shape index (κ1) is 17.2. The molecule has 0 aliphatic carbocycles. The normalized spacial score (nSPS) is 23.5. The second-order valence-corrected chi connectivity index (χ2v) is 8.18. The van der Waals surface area contributed by atoms with Gasteiger partial charge in [0.15, 0.2) is 0 Å². The summed E-state index contributed by atoms with van der Waals surface area (Å²) in [5.74, 6) is 0. The lowest BCUT2D eigenvalue weighted by Crippen LogP contribution is -2.53. The number of benzene rings is 1. The Labute approximate surface area is 128 Å². The van der Waals surface area contributed by atoms with Crippen LogP contribution < -0.4 is 5.73 Å². The average Bonchev–Trinajstić information content (AvgIpc) is 2.41. The summed E-state index contributed by atoms with van der Waals surface area (Å²) in [6, 6.07) is 3.47. The molecule has 0 aromatic heterocycles. The van der Waals surface area contributed by atoms with Crippen molar-refractivity contribution in [1.29, 1.82) is 0 Å². The van der Waals surface area contributed by atoms with Crippen molar-refractivity contribution in [2.24, 2.45) is 11.1 Å². The summed E-state index contributed by atoms with van der Waals surface area (Å²) in [5, 5.41) is 0. The standard InChI is InChI=1S/C14H19F3N2O2S/c1-13(2)9-19(8-7-12(13)18)22(20,21)11-5-3-10(4-6-11)14(15,16)17/h3-6,12H,7-9,18H2,1-2H3. The van der Waals surface area contributed by atoms with Gasteiger partial charge in [-0.2, -0.15) is 17.5 Å². The predicted molar refractivity (Wildman–Crippen MR) is 76.6 cm³/mol. The minimum Gasteiger partial charge on any atom is -0.327 e. The number of alkyl halides is 3.